The van der Waals surface area contributed by atoms with Crippen molar-refractivity contribution < 1.29 is 40.8 Å². The van der Waals surface area contributed by atoms with Crippen molar-refractivity contribution in [3.63, 3.8) is 0 Å². The highest BCUT2D eigenvalue weighted by Crippen LogP contribution is 2.47. The van der Waals surface area contributed by atoms with Gasteiger partial charge >= 0.3 is 21.3 Å². The molecule has 2 N–H and O–H groups in total. The van der Waals surface area contributed by atoms with Crippen LogP contribution in [0.4, 0.5) is 13.2 Å². The van der Waals surface area contributed by atoms with Gasteiger partial charge in [0, 0.05) is 17.5 Å². The van der Waals surface area contributed by atoms with Gasteiger partial charge in [-0.1, -0.05) is 48.5 Å². The van der Waals surface area contributed by atoms with Crippen LogP contribution in [-0.4, -0.2) is 42.1 Å². The molecule has 0 aromatic heterocycles. The summed E-state index contributed by atoms with van der Waals surface area (Å²) in [5, 5.41) is 6.03. The number of halogens is 3. The van der Waals surface area contributed by atoms with E-state index in [2.05, 4.69) is 0 Å². The van der Waals surface area contributed by atoms with Crippen molar-refractivity contribution in [2.45, 2.75) is 23.4 Å². The van der Waals surface area contributed by atoms with E-state index in [4.69, 9.17) is 9.29 Å². The third-order valence-electron chi connectivity index (χ3n) is 4.53. The van der Waals surface area contributed by atoms with Gasteiger partial charge in [-0.3, -0.25) is 4.55 Å². The first kappa shape index (κ1) is 20.3. The molecule has 0 bridgehead atoms. The Morgan fingerprint density at radius 3 is 2.00 bits per heavy atom. The largest absolute Gasteiger partial charge is 0.463 e. The smallest absolute Gasteiger partial charge is 0.400 e. The molecule has 150 valence electrons. The van der Waals surface area contributed by atoms with Gasteiger partial charge in [-0.05, 0) is 11.1 Å². The van der Waals surface area contributed by atoms with Crippen LogP contribution in [0, 0.1) is 0 Å². The highest BCUT2D eigenvalue weighted by molar-refractivity contribution is 7.86. The highest BCUT2D eigenvalue weighted by atomic mass is 32.2. The predicted molar refractivity (Wildman–Crippen MR) is 91.8 cm³/mol. The third kappa shape index (κ3) is 3.07. The molecule has 2 aromatic rings. The van der Waals surface area contributed by atoms with Crippen molar-refractivity contribution in [1.82, 2.24) is 0 Å². The van der Waals surface area contributed by atoms with Crippen LogP contribution in [0.15, 0.2) is 48.5 Å². The molecule has 1 unspecified atom stereocenters. The van der Waals surface area contributed by atoms with E-state index in [1.165, 1.54) is 12.1 Å². The van der Waals surface area contributed by atoms with Crippen molar-refractivity contribution >= 4 is 16.1 Å². The second-order valence-corrected chi connectivity index (χ2v) is 7.73. The van der Waals surface area contributed by atoms with Crippen molar-refractivity contribution in [1.29, 1.82) is 0 Å². The van der Waals surface area contributed by atoms with Crippen LogP contribution in [0.3, 0.4) is 0 Å². The molecule has 2 aromatic carbocycles. The minimum atomic E-state index is -5.96. The predicted octanol–water partition coefficient (Wildman–Crippen LogP) is 2.65. The monoisotopic (exact) mass is 416 g/mol. The van der Waals surface area contributed by atoms with Gasteiger partial charge in [-0.2, -0.15) is 17.2 Å². The van der Waals surface area contributed by atoms with Gasteiger partial charge in [0.15, 0.2) is 6.17 Å². The molecule has 0 aliphatic heterocycles. The Bertz CT molecular complexity index is 976. The second-order valence-electron chi connectivity index (χ2n) is 6.23. The lowest BCUT2D eigenvalue weighted by atomic mass is 9.91. The number of carbonyl (C=O) groups is 1. The first-order valence-electron chi connectivity index (χ1n) is 8.09. The van der Waals surface area contributed by atoms with Crippen LogP contribution in [-0.2, 0) is 25.3 Å². The number of benzene rings is 2. The molecular formula is C18H15F3O6S. The van der Waals surface area contributed by atoms with E-state index in [0.29, 0.717) is 11.1 Å². The fraction of sp³-hybridized carbons (Fsp3) is 0.278. The molecule has 0 spiro atoms. The van der Waals surface area contributed by atoms with Crippen LogP contribution in [0.25, 0.3) is 11.1 Å². The molecule has 0 saturated heterocycles. The summed E-state index contributed by atoms with van der Waals surface area (Å²) in [5.74, 6) is -1.22. The molecular weight excluding hydrogens is 401 g/mol. The van der Waals surface area contributed by atoms with Crippen LogP contribution in [0.2, 0.25) is 0 Å². The number of esters is 1. The van der Waals surface area contributed by atoms with Gasteiger partial charge < -0.3 is 9.84 Å². The van der Waals surface area contributed by atoms with Gasteiger partial charge in [0.1, 0.15) is 0 Å². The Balaban J connectivity index is 1.80. The zero-order valence-electron chi connectivity index (χ0n) is 14.2. The van der Waals surface area contributed by atoms with Crippen molar-refractivity contribution in [3.05, 3.63) is 59.7 Å². The SMILES string of the molecule is O=C(OCCC(F)C(F)(F)S(=O)(=O)O)C1(O)c2ccccc2-c2ccccc21. The summed E-state index contributed by atoms with van der Waals surface area (Å²) in [6.45, 7) is -0.933. The number of rotatable bonds is 6. The molecule has 1 atom stereocenters. The Morgan fingerprint density at radius 1 is 1.07 bits per heavy atom. The summed E-state index contributed by atoms with van der Waals surface area (Å²) in [6.07, 6.45) is -4.49. The fourth-order valence-corrected chi connectivity index (χ4v) is 3.56. The number of hydrogen-bond acceptors (Lipinski definition) is 5. The quantitative estimate of drug-likeness (QED) is 0.555. The van der Waals surface area contributed by atoms with Crippen molar-refractivity contribution in [3.8, 4) is 11.1 Å². The maximum Gasteiger partial charge on any atom is 0.400 e. The molecule has 0 amide bonds. The number of ether oxygens (including phenoxy) is 1. The topological polar surface area (TPSA) is 101 Å². The molecule has 0 heterocycles. The fourth-order valence-electron chi connectivity index (χ4n) is 3.12. The van der Waals surface area contributed by atoms with E-state index in [-0.39, 0.29) is 11.1 Å². The molecule has 0 saturated carbocycles. The number of hydrogen-bond donors (Lipinski definition) is 2. The van der Waals surface area contributed by atoms with Crippen LogP contribution in [0.5, 0.6) is 0 Å². The van der Waals surface area contributed by atoms with E-state index < -0.39 is 46.1 Å². The normalized spacial score (nSPS) is 16.2. The van der Waals surface area contributed by atoms with Gasteiger partial charge in [-0.25, -0.2) is 9.18 Å². The Kier molecular flexibility index (Phi) is 4.98. The molecule has 0 radical (unpaired) electrons. The molecule has 28 heavy (non-hydrogen) atoms. The maximum absolute atomic E-state index is 13.5. The number of carbonyl (C=O) groups excluding carboxylic acids is 1. The van der Waals surface area contributed by atoms with Gasteiger partial charge in [0.2, 0.25) is 5.60 Å². The van der Waals surface area contributed by atoms with E-state index in [9.17, 15) is 31.5 Å². The zero-order chi connectivity index (χ0) is 20.7. The molecule has 0 fully saturated rings. The molecule has 1 aliphatic carbocycles. The summed E-state index contributed by atoms with van der Waals surface area (Å²) < 4.78 is 74.2. The summed E-state index contributed by atoms with van der Waals surface area (Å²) >= 11 is 0. The summed E-state index contributed by atoms with van der Waals surface area (Å²) in [7, 11) is -5.96. The summed E-state index contributed by atoms with van der Waals surface area (Å²) in [5.41, 5.74) is -0.606. The summed E-state index contributed by atoms with van der Waals surface area (Å²) in [4.78, 5) is 12.6. The third-order valence-corrected chi connectivity index (χ3v) is 5.48. The first-order chi connectivity index (χ1) is 13.0. The van der Waals surface area contributed by atoms with E-state index in [1.54, 1.807) is 36.4 Å². The first-order valence-corrected chi connectivity index (χ1v) is 9.53. The number of fused-ring (bicyclic) bond motifs is 3. The number of aliphatic hydroxyl groups is 1. The standard InChI is InChI=1S/C18H15F3O6S/c19-15(18(20,21)28(24,25)26)9-10-27-16(22)17(23)13-7-3-1-5-11(13)12-6-2-4-8-14(12)17/h1-8,15,23H,9-10H2,(H,24,25,26). The van der Waals surface area contributed by atoms with E-state index in [1.807, 2.05) is 0 Å². The lowest BCUT2D eigenvalue weighted by molar-refractivity contribution is -0.162. The average Bonchev–Trinajstić information content (AvgIpc) is 2.91. The lowest BCUT2D eigenvalue weighted by Crippen LogP contribution is -2.40. The molecule has 1 aliphatic rings. The molecule has 10 heteroatoms. The van der Waals surface area contributed by atoms with Crippen LogP contribution < -0.4 is 0 Å². The van der Waals surface area contributed by atoms with E-state index >= 15 is 0 Å². The lowest BCUT2D eigenvalue weighted by Gasteiger charge is -2.24. The van der Waals surface area contributed by atoms with Crippen LogP contribution in [0.1, 0.15) is 17.5 Å². The Labute approximate surface area is 158 Å². The van der Waals surface area contributed by atoms with Gasteiger partial charge in [-0.15, -0.1) is 0 Å². The van der Waals surface area contributed by atoms with Gasteiger partial charge in [0.05, 0.1) is 6.61 Å². The average molecular weight is 416 g/mol. The van der Waals surface area contributed by atoms with Crippen molar-refractivity contribution in [2.75, 3.05) is 6.61 Å². The zero-order valence-corrected chi connectivity index (χ0v) is 15.0. The minimum Gasteiger partial charge on any atom is -0.463 e. The highest BCUT2D eigenvalue weighted by Gasteiger charge is 2.53. The molecule has 3 rings (SSSR count). The summed E-state index contributed by atoms with van der Waals surface area (Å²) in [6, 6.07) is 13.0. The molecule has 6 nitrogen and oxygen atoms in total. The number of alkyl halides is 3. The van der Waals surface area contributed by atoms with Gasteiger partial charge in [0.25, 0.3) is 0 Å². The van der Waals surface area contributed by atoms with E-state index in [0.717, 1.165) is 0 Å². The van der Waals surface area contributed by atoms with Crippen molar-refractivity contribution in [2.24, 2.45) is 0 Å². The maximum atomic E-state index is 13.5. The van der Waals surface area contributed by atoms with Crippen LogP contribution >= 0.6 is 0 Å². The Hall–Kier alpha value is -2.43. The minimum absolute atomic E-state index is 0.223. The second kappa shape index (κ2) is 6.87. The Morgan fingerprint density at radius 2 is 1.54 bits per heavy atom.